The van der Waals surface area contributed by atoms with Crippen molar-refractivity contribution in [1.29, 1.82) is 0 Å². The fourth-order valence-corrected chi connectivity index (χ4v) is 2.59. The fraction of sp³-hybridized carbons (Fsp3) is 0.250. The van der Waals surface area contributed by atoms with Crippen molar-refractivity contribution in [3.05, 3.63) is 28.2 Å². The van der Waals surface area contributed by atoms with Crippen LogP contribution in [0.3, 0.4) is 0 Å². The first-order valence-corrected chi connectivity index (χ1v) is 6.59. The summed E-state index contributed by atoms with van der Waals surface area (Å²) in [4.78, 5) is 28.6. The molecule has 0 radical (unpaired) electrons. The lowest BCUT2D eigenvalue weighted by atomic mass is 10.2. The quantitative estimate of drug-likeness (QED) is 0.815. The van der Waals surface area contributed by atoms with Gasteiger partial charge in [0.15, 0.2) is 4.47 Å². The molecule has 0 N–H and O–H groups in total. The molecule has 2 rings (SSSR count). The zero-order chi connectivity index (χ0) is 14.0. The summed E-state index contributed by atoms with van der Waals surface area (Å²) in [5.41, 5.74) is 1.13. The molecule has 0 aliphatic rings. The molecule has 0 bridgehead atoms. The number of amides is 1. The SMILES string of the molecule is COC(=O)CN(C)C(=O)c1ccc2sc(Cl)nc2c1. The molecule has 0 aliphatic carbocycles. The lowest BCUT2D eigenvalue weighted by Crippen LogP contribution is -2.32. The number of nitrogens with zero attached hydrogens (tertiary/aromatic N) is 2. The van der Waals surface area contributed by atoms with Crippen LogP contribution >= 0.6 is 22.9 Å². The topological polar surface area (TPSA) is 59.5 Å². The van der Waals surface area contributed by atoms with Crippen molar-refractivity contribution >= 4 is 45.0 Å². The number of methoxy groups -OCH3 is 1. The Morgan fingerprint density at radius 1 is 1.47 bits per heavy atom. The summed E-state index contributed by atoms with van der Waals surface area (Å²) in [6.45, 7) is -0.0921. The number of likely N-dealkylation sites (N-methyl/N-ethyl adjacent to an activating group) is 1. The average Bonchev–Trinajstić information content (AvgIpc) is 2.76. The minimum atomic E-state index is -0.464. The predicted octanol–water partition coefficient (Wildman–Crippen LogP) is 2.19. The van der Waals surface area contributed by atoms with Gasteiger partial charge in [0.05, 0.1) is 17.3 Å². The number of esters is 1. The molecule has 1 aromatic carbocycles. The van der Waals surface area contributed by atoms with Crippen LogP contribution in [0.4, 0.5) is 0 Å². The smallest absolute Gasteiger partial charge is 0.325 e. The molecule has 1 aromatic heterocycles. The first kappa shape index (κ1) is 13.8. The van der Waals surface area contributed by atoms with Crippen LogP contribution in [0.2, 0.25) is 4.47 Å². The van der Waals surface area contributed by atoms with Crippen molar-refractivity contribution in [1.82, 2.24) is 9.88 Å². The summed E-state index contributed by atoms with van der Waals surface area (Å²) < 4.78 is 5.87. The van der Waals surface area contributed by atoms with E-state index in [4.69, 9.17) is 11.6 Å². The Bertz CT molecular complexity index is 641. The largest absolute Gasteiger partial charge is 0.468 e. The fourth-order valence-electron chi connectivity index (χ4n) is 1.58. The Balaban J connectivity index is 2.23. The maximum atomic E-state index is 12.1. The molecule has 1 amide bonds. The first-order chi connectivity index (χ1) is 9.01. The van der Waals surface area contributed by atoms with Gasteiger partial charge < -0.3 is 9.64 Å². The van der Waals surface area contributed by atoms with Gasteiger partial charge in [-0.1, -0.05) is 11.6 Å². The van der Waals surface area contributed by atoms with E-state index < -0.39 is 5.97 Å². The number of fused-ring (bicyclic) bond motifs is 1. The van der Waals surface area contributed by atoms with Crippen LogP contribution < -0.4 is 0 Å². The second-order valence-corrected chi connectivity index (χ2v) is 5.50. The molecule has 0 aliphatic heterocycles. The van der Waals surface area contributed by atoms with Gasteiger partial charge in [-0.2, -0.15) is 0 Å². The van der Waals surface area contributed by atoms with Crippen molar-refractivity contribution in [2.45, 2.75) is 0 Å². The van der Waals surface area contributed by atoms with Crippen molar-refractivity contribution < 1.29 is 14.3 Å². The second kappa shape index (κ2) is 5.54. The molecule has 5 nitrogen and oxygen atoms in total. The summed E-state index contributed by atoms with van der Waals surface area (Å²) >= 11 is 7.17. The summed E-state index contributed by atoms with van der Waals surface area (Å²) in [6.07, 6.45) is 0. The number of carbonyl (C=O) groups excluding carboxylic acids is 2. The van der Waals surface area contributed by atoms with Gasteiger partial charge in [0.2, 0.25) is 0 Å². The molecule has 0 spiro atoms. The van der Waals surface area contributed by atoms with E-state index >= 15 is 0 Å². The van der Waals surface area contributed by atoms with Crippen molar-refractivity contribution in [3.8, 4) is 0 Å². The number of hydrogen-bond acceptors (Lipinski definition) is 5. The Morgan fingerprint density at radius 3 is 2.89 bits per heavy atom. The van der Waals surface area contributed by atoms with E-state index in [0.29, 0.717) is 15.5 Å². The molecule has 0 atom stereocenters. The number of benzene rings is 1. The third-order valence-electron chi connectivity index (χ3n) is 2.55. The lowest BCUT2D eigenvalue weighted by Gasteiger charge is -2.15. The number of carbonyl (C=O) groups is 2. The van der Waals surface area contributed by atoms with E-state index in [1.807, 2.05) is 0 Å². The van der Waals surface area contributed by atoms with Crippen LogP contribution in [0.1, 0.15) is 10.4 Å². The monoisotopic (exact) mass is 298 g/mol. The standard InChI is InChI=1S/C12H11ClN2O3S/c1-15(6-10(16)18-2)11(17)7-3-4-9-8(5-7)14-12(13)19-9/h3-5H,6H2,1-2H3. The predicted molar refractivity (Wildman–Crippen MR) is 73.6 cm³/mol. The first-order valence-electron chi connectivity index (χ1n) is 5.39. The zero-order valence-corrected chi connectivity index (χ0v) is 11.9. The molecule has 100 valence electrons. The van der Waals surface area contributed by atoms with Crippen LogP contribution in [-0.4, -0.2) is 42.5 Å². The highest BCUT2D eigenvalue weighted by Crippen LogP contribution is 2.26. The summed E-state index contributed by atoms with van der Waals surface area (Å²) in [6, 6.07) is 5.14. The number of halogens is 1. The molecule has 7 heteroatoms. The summed E-state index contributed by atoms with van der Waals surface area (Å²) in [5, 5.41) is 0. The molecule has 19 heavy (non-hydrogen) atoms. The van der Waals surface area contributed by atoms with Gasteiger partial charge in [0.1, 0.15) is 6.54 Å². The number of rotatable bonds is 3. The molecular formula is C12H11ClN2O3S. The van der Waals surface area contributed by atoms with Crippen LogP contribution in [0.25, 0.3) is 10.2 Å². The highest BCUT2D eigenvalue weighted by Gasteiger charge is 2.16. The van der Waals surface area contributed by atoms with Crippen LogP contribution in [0.15, 0.2) is 18.2 Å². The van der Waals surface area contributed by atoms with E-state index in [2.05, 4.69) is 9.72 Å². The minimum Gasteiger partial charge on any atom is -0.468 e. The Morgan fingerprint density at radius 2 is 2.21 bits per heavy atom. The van der Waals surface area contributed by atoms with Crippen LogP contribution in [0, 0.1) is 0 Å². The Labute approximate surface area is 118 Å². The van der Waals surface area contributed by atoms with E-state index in [-0.39, 0.29) is 12.5 Å². The maximum absolute atomic E-state index is 12.1. The molecule has 0 saturated heterocycles. The molecule has 2 aromatic rings. The maximum Gasteiger partial charge on any atom is 0.325 e. The van der Waals surface area contributed by atoms with E-state index in [1.54, 1.807) is 18.2 Å². The van der Waals surface area contributed by atoms with Gasteiger partial charge in [-0.3, -0.25) is 9.59 Å². The van der Waals surface area contributed by atoms with Gasteiger partial charge in [0.25, 0.3) is 5.91 Å². The second-order valence-electron chi connectivity index (χ2n) is 3.89. The molecule has 0 saturated carbocycles. The van der Waals surface area contributed by atoms with Gasteiger partial charge in [-0.05, 0) is 18.2 Å². The zero-order valence-electron chi connectivity index (χ0n) is 10.3. The van der Waals surface area contributed by atoms with E-state index in [9.17, 15) is 9.59 Å². The number of ether oxygens (including phenoxy) is 1. The van der Waals surface area contributed by atoms with Gasteiger partial charge in [-0.15, -0.1) is 11.3 Å². The van der Waals surface area contributed by atoms with Gasteiger partial charge in [-0.25, -0.2) is 4.98 Å². The van der Waals surface area contributed by atoms with E-state index in [1.165, 1.54) is 30.4 Å². The van der Waals surface area contributed by atoms with E-state index in [0.717, 1.165) is 4.70 Å². The summed E-state index contributed by atoms with van der Waals surface area (Å²) in [7, 11) is 2.82. The van der Waals surface area contributed by atoms with Gasteiger partial charge >= 0.3 is 5.97 Å². The summed E-state index contributed by atoms with van der Waals surface area (Å²) in [5.74, 6) is -0.731. The van der Waals surface area contributed by atoms with Crippen LogP contribution in [0.5, 0.6) is 0 Å². The number of thiazole rings is 1. The highest BCUT2D eigenvalue weighted by atomic mass is 35.5. The molecule has 1 heterocycles. The normalized spacial score (nSPS) is 10.5. The average molecular weight is 299 g/mol. The van der Waals surface area contributed by atoms with Crippen LogP contribution in [-0.2, 0) is 9.53 Å². The third-order valence-corrected chi connectivity index (χ3v) is 3.69. The van der Waals surface area contributed by atoms with Crippen molar-refractivity contribution in [3.63, 3.8) is 0 Å². The third kappa shape index (κ3) is 3.02. The number of aromatic nitrogens is 1. The molecule has 0 fully saturated rings. The van der Waals surface area contributed by atoms with Crippen molar-refractivity contribution in [2.75, 3.05) is 20.7 Å². The molecule has 0 unspecified atom stereocenters. The Hall–Kier alpha value is -1.66. The van der Waals surface area contributed by atoms with Gasteiger partial charge in [0, 0.05) is 12.6 Å². The van der Waals surface area contributed by atoms with Crippen molar-refractivity contribution in [2.24, 2.45) is 0 Å². The minimum absolute atomic E-state index is 0.0921. The number of hydrogen-bond donors (Lipinski definition) is 0. The molecular weight excluding hydrogens is 288 g/mol. The highest BCUT2D eigenvalue weighted by molar-refractivity contribution is 7.22. The Kier molecular flexibility index (Phi) is 4.01. The lowest BCUT2D eigenvalue weighted by molar-refractivity contribution is -0.141.